The molecule has 1 aromatic carbocycles. The molecule has 0 radical (unpaired) electrons. The van der Waals surface area contributed by atoms with Crippen molar-refractivity contribution in [3.8, 4) is 5.75 Å². The highest BCUT2D eigenvalue weighted by Crippen LogP contribution is 2.38. The molecule has 1 atom stereocenters. The first-order valence-corrected chi connectivity index (χ1v) is 9.18. The van der Waals surface area contributed by atoms with Crippen molar-refractivity contribution in [2.45, 2.75) is 19.2 Å². The third-order valence-electron chi connectivity index (χ3n) is 3.13. The highest BCUT2D eigenvalue weighted by molar-refractivity contribution is 8.00. The smallest absolute Gasteiger partial charge is 0.233 e. The van der Waals surface area contributed by atoms with Crippen molar-refractivity contribution in [3.63, 3.8) is 0 Å². The zero-order valence-corrected chi connectivity index (χ0v) is 13.6. The molecule has 0 aliphatic carbocycles. The molecule has 1 aliphatic rings. The Morgan fingerprint density at radius 1 is 1.35 bits per heavy atom. The molecule has 20 heavy (non-hydrogen) atoms. The molecule has 1 aliphatic heterocycles. The van der Waals surface area contributed by atoms with Crippen molar-refractivity contribution >= 4 is 29.4 Å². The normalized spacial score (nSPS) is 18.6. The van der Waals surface area contributed by atoms with Gasteiger partial charge in [-0.15, -0.1) is 11.8 Å². The molecule has 1 aromatic rings. The topological polar surface area (TPSA) is 29.5 Å². The van der Waals surface area contributed by atoms with E-state index in [1.807, 2.05) is 35.7 Å². The lowest BCUT2D eigenvalue weighted by Gasteiger charge is -2.24. The number of nitrogens with zero attached hydrogens (tertiary/aromatic N) is 1. The van der Waals surface area contributed by atoms with Crippen LogP contribution in [0, 0.1) is 0 Å². The van der Waals surface area contributed by atoms with Crippen molar-refractivity contribution in [2.75, 3.05) is 30.4 Å². The SMILES string of the molecule is CCOc1ccc(C2SCC(=O)N2CCSCC)cc1. The molecule has 1 heterocycles. The Morgan fingerprint density at radius 2 is 2.10 bits per heavy atom. The Morgan fingerprint density at radius 3 is 2.75 bits per heavy atom. The summed E-state index contributed by atoms with van der Waals surface area (Å²) < 4.78 is 5.46. The summed E-state index contributed by atoms with van der Waals surface area (Å²) in [4.78, 5) is 14.0. The lowest BCUT2D eigenvalue weighted by molar-refractivity contribution is -0.127. The quantitative estimate of drug-likeness (QED) is 0.722. The van der Waals surface area contributed by atoms with Crippen LogP contribution in [0.15, 0.2) is 24.3 Å². The highest BCUT2D eigenvalue weighted by atomic mass is 32.2. The summed E-state index contributed by atoms with van der Waals surface area (Å²) in [5, 5.41) is 0.163. The number of benzene rings is 1. The molecule has 1 unspecified atom stereocenters. The van der Waals surface area contributed by atoms with E-state index in [0.717, 1.165) is 23.8 Å². The van der Waals surface area contributed by atoms with E-state index in [1.165, 1.54) is 5.56 Å². The van der Waals surface area contributed by atoms with Gasteiger partial charge in [0.05, 0.1) is 12.4 Å². The number of hydrogen-bond acceptors (Lipinski definition) is 4. The van der Waals surface area contributed by atoms with E-state index in [1.54, 1.807) is 11.8 Å². The summed E-state index contributed by atoms with van der Waals surface area (Å²) in [5.41, 5.74) is 1.19. The van der Waals surface area contributed by atoms with Crippen LogP contribution in [0.5, 0.6) is 5.75 Å². The minimum Gasteiger partial charge on any atom is -0.494 e. The Labute approximate surface area is 129 Å². The highest BCUT2D eigenvalue weighted by Gasteiger charge is 2.32. The molecule has 1 fully saturated rings. The molecule has 0 saturated carbocycles. The zero-order chi connectivity index (χ0) is 14.4. The zero-order valence-electron chi connectivity index (χ0n) is 12.0. The number of thioether (sulfide) groups is 2. The average molecular weight is 311 g/mol. The van der Waals surface area contributed by atoms with Crippen LogP contribution in [0.25, 0.3) is 0 Å². The van der Waals surface area contributed by atoms with Gasteiger partial charge < -0.3 is 9.64 Å². The first-order valence-electron chi connectivity index (χ1n) is 6.97. The van der Waals surface area contributed by atoms with Gasteiger partial charge >= 0.3 is 0 Å². The van der Waals surface area contributed by atoms with Gasteiger partial charge in [-0.3, -0.25) is 4.79 Å². The molecular formula is C15H21NO2S2. The lowest BCUT2D eigenvalue weighted by atomic mass is 10.2. The summed E-state index contributed by atoms with van der Waals surface area (Å²) in [7, 11) is 0. The van der Waals surface area contributed by atoms with Gasteiger partial charge in [0, 0.05) is 12.3 Å². The number of ether oxygens (including phenoxy) is 1. The van der Waals surface area contributed by atoms with Crippen LogP contribution in [0.1, 0.15) is 24.8 Å². The van der Waals surface area contributed by atoms with Crippen LogP contribution in [0.3, 0.4) is 0 Å². The molecule has 0 bridgehead atoms. The number of carbonyl (C=O) groups is 1. The van der Waals surface area contributed by atoms with Crippen molar-refractivity contribution in [3.05, 3.63) is 29.8 Å². The number of hydrogen-bond donors (Lipinski definition) is 0. The first-order chi connectivity index (χ1) is 9.76. The van der Waals surface area contributed by atoms with Gasteiger partial charge in [-0.25, -0.2) is 0 Å². The summed E-state index contributed by atoms with van der Waals surface area (Å²) >= 11 is 3.60. The Balaban J connectivity index is 2.03. The summed E-state index contributed by atoms with van der Waals surface area (Å²) in [6.07, 6.45) is 0. The lowest BCUT2D eigenvalue weighted by Crippen LogP contribution is -2.30. The van der Waals surface area contributed by atoms with Gasteiger partial charge in [-0.05, 0) is 30.4 Å². The fraction of sp³-hybridized carbons (Fsp3) is 0.533. The first kappa shape index (κ1) is 15.6. The van der Waals surface area contributed by atoms with Gasteiger partial charge in [-0.2, -0.15) is 11.8 Å². The van der Waals surface area contributed by atoms with E-state index in [9.17, 15) is 4.79 Å². The van der Waals surface area contributed by atoms with Crippen molar-refractivity contribution in [1.82, 2.24) is 4.90 Å². The Kier molecular flexibility index (Phi) is 6.10. The van der Waals surface area contributed by atoms with Crippen LogP contribution in [-0.4, -0.2) is 41.2 Å². The number of rotatable bonds is 7. The van der Waals surface area contributed by atoms with Crippen molar-refractivity contribution in [1.29, 1.82) is 0 Å². The molecule has 3 nitrogen and oxygen atoms in total. The van der Waals surface area contributed by atoms with Gasteiger partial charge in [0.25, 0.3) is 0 Å². The van der Waals surface area contributed by atoms with E-state index >= 15 is 0 Å². The van der Waals surface area contributed by atoms with Gasteiger partial charge in [-0.1, -0.05) is 19.1 Å². The fourth-order valence-electron chi connectivity index (χ4n) is 2.17. The van der Waals surface area contributed by atoms with E-state index in [4.69, 9.17) is 4.74 Å². The van der Waals surface area contributed by atoms with E-state index in [-0.39, 0.29) is 11.3 Å². The number of amides is 1. The molecule has 1 saturated heterocycles. The van der Waals surface area contributed by atoms with E-state index < -0.39 is 0 Å². The minimum absolute atomic E-state index is 0.163. The summed E-state index contributed by atoms with van der Waals surface area (Å²) in [6.45, 7) is 5.64. The maximum atomic E-state index is 12.0. The van der Waals surface area contributed by atoms with Crippen LogP contribution in [-0.2, 0) is 4.79 Å². The molecule has 0 aromatic heterocycles. The predicted molar refractivity (Wildman–Crippen MR) is 87.5 cm³/mol. The van der Waals surface area contributed by atoms with Crippen LogP contribution in [0.2, 0.25) is 0 Å². The maximum Gasteiger partial charge on any atom is 0.233 e. The standard InChI is InChI=1S/C15H21NO2S2/c1-3-18-13-7-5-12(6-8-13)15-16(9-10-19-4-2)14(17)11-20-15/h5-8,15H,3-4,9-11H2,1-2H3. The van der Waals surface area contributed by atoms with Crippen molar-refractivity contribution < 1.29 is 9.53 Å². The largest absolute Gasteiger partial charge is 0.494 e. The maximum absolute atomic E-state index is 12.0. The van der Waals surface area contributed by atoms with Crippen LogP contribution >= 0.6 is 23.5 Å². The predicted octanol–water partition coefficient (Wildman–Crippen LogP) is 3.41. The molecule has 0 N–H and O–H groups in total. The molecule has 1 amide bonds. The van der Waals surface area contributed by atoms with Gasteiger partial charge in [0.15, 0.2) is 0 Å². The fourth-order valence-corrected chi connectivity index (χ4v) is 4.01. The van der Waals surface area contributed by atoms with Gasteiger partial charge in [0.1, 0.15) is 11.1 Å². The second kappa shape index (κ2) is 7.84. The van der Waals surface area contributed by atoms with Crippen LogP contribution in [0.4, 0.5) is 0 Å². The average Bonchev–Trinajstić information content (AvgIpc) is 2.82. The van der Waals surface area contributed by atoms with E-state index in [0.29, 0.717) is 12.4 Å². The summed E-state index contributed by atoms with van der Waals surface area (Å²) in [6, 6.07) is 8.12. The third kappa shape index (κ3) is 3.85. The molecular weight excluding hydrogens is 290 g/mol. The monoisotopic (exact) mass is 311 g/mol. The second-order valence-electron chi connectivity index (χ2n) is 4.45. The Hall–Kier alpha value is -0.810. The second-order valence-corrected chi connectivity index (χ2v) is 6.91. The minimum atomic E-state index is 0.163. The third-order valence-corrected chi connectivity index (χ3v) is 5.26. The molecule has 5 heteroatoms. The molecule has 2 rings (SSSR count). The molecule has 0 spiro atoms. The summed E-state index contributed by atoms with van der Waals surface area (Å²) in [5.74, 6) is 3.85. The van der Waals surface area contributed by atoms with Crippen molar-refractivity contribution in [2.24, 2.45) is 0 Å². The van der Waals surface area contributed by atoms with E-state index in [2.05, 4.69) is 19.1 Å². The molecule has 110 valence electrons. The van der Waals surface area contributed by atoms with Gasteiger partial charge in [0.2, 0.25) is 5.91 Å². The van der Waals surface area contributed by atoms with Crippen LogP contribution < -0.4 is 4.74 Å². The number of carbonyl (C=O) groups excluding carboxylic acids is 1. The Bertz CT molecular complexity index is 436.